The summed E-state index contributed by atoms with van der Waals surface area (Å²) in [6.07, 6.45) is 1.38. The molecule has 0 bridgehead atoms. The summed E-state index contributed by atoms with van der Waals surface area (Å²) >= 11 is 0. The quantitative estimate of drug-likeness (QED) is 0.587. The maximum atomic E-state index is 12.2. The molecule has 9 nitrogen and oxygen atoms in total. The van der Waals surface area contributed by atoms with E-state index in [1.54, 1.807) is 13.2 Å². The molecule has 1 amide bonds. The van der Waals surface area contributed by atoms with Crippen molar-refractivity contribution in [3.05, 3.63) is 75.2 Å². The fourth-order valence-electron chi connectivity index (χ4n) is 2.91. The zero-order valence-corrected chi connectivity index (χ0v) is 17.7. The predicted molar refractivity (Wildman–Crippen MR) is 116 cm³/mol. The first-order chi connectivity index (χ1) is 14.9. The molecule has 3 rings (SSSR count). The first-order valence-electron chi connectivity index (χ1n) is 9.93. The Bertz CT molecular complexity index is 1170. The van der Waals surface area contributed by atoms with Gasteiger partial charge >= 0.3 is 0 Å². The zero-order chi connectivity index (χ0) is 22.4. The Labute approximate surface area is 179 Å². The number of amides is 1. The number of benzene rings is 1. The van der Waals surface area contributed by atoms with Gasteiger partial charge in [-0.1, -0.05) is 13.8 Å². The second-order valence-electron chi connectivity index (χ2n) is 7.29. The van der Waals surface area contributed by atoms with Gasteiger partial charge in [-0.25, -0.2) is 9.67 Å². The molecule has 1 N–H and O–H groups in total. The predicted octanol–water partition coefficient (Wildman–Crippen LogP) is 1.42. The molecule has 2 heterocycles. The molecular formula is C22H25N5O4. The van der Waals surface area contributed by atoms with Crippen molar-refractivity contribution in [3.8, 4) is 17.0 Å². The average molecular weight is 423 g/mol. The molecule has 31 heavy (non-hydrogen) atoms. The first kappa shape index (κ1) is 21.9. The SMILES string of the molecule is COc1ccc(-c2ccc(=O)n(CCNC(=O)Cn3cnc(C(C)C)cc3=O)n2)cc1. The van der Waals surface area contributed by atoms with Gasteiger partial charge in [-0.3, -0.25) is 19.0 Å². The molecule has 1 aromatic carbocycles. The molecule has 0 saturated heterocycles. The van der Waals surface area contributed by atoms with Crippen LogP contribution in [0.5, 0.6) is 5.75 Å². The van der Waals surface area contributed by atoms with Gasteiger partial charge in [0.1, 0.15) is 12.3 Å². The topological polar surface area (TPSA) is 108 Å². The van der Waals surface area contributed by atoms with Crippen LogP contribution in [0.2, 0.25) is 0 Å². The molecule has 0 atom stereocenters. The molecule has 0 saturated carbocycles. The van der Waals surface area contributed by atoms with Crippen molar-refractivity contribution in [3.63, 3.8) is 0 Å². The normalized spacial score (nSPS) is 10.8. The molecule has 162 valence electrons. The molecule has 0 spiro atoms. The Morgan fingerprint density at radius 2 is 1.84 bits per heavy atom. The molecule has 0 aliphatic carbocycles. The monoisotopic (exact) mass is 423 g/mol. The molecule has 3 aromatic rings. The minimum Gasteiger partial charge on any atom is -0.497 e. The Hall–Kier alpha value is -3.75. The largest absolute Gasteiger partial charge is 0.497 e. The standard InChI is InChI=1S/C22H25N5O4/c1-15(2)19-12-22(30)26(14-24-19)13-20(28)23-10-11-27-21(29)9-8-18(25-27)16-4-6-17(31-3)7-5-16/h4-9,12,14-15H,10-11,13H2,1-3H3,(H,23,28). The fourth-order valence-corrected chi connectivity index (χ4v) is 2.91. The van der Waals surface area contributed by atoms with Crippen molar-refractivity contribution in [2.45, 2.75) is 32.9 Å². The van der Waals surface area contributed by atoms with Gasteiger partial charge < -0.3 is 10.1 Å². The maximum absolute atomic E-state index is 12.2. The van der Waals surface area contributed by atoms with E-state index in [1.807, 2.05) is 38.1 Å². The van der Waals surface area contributed by atoms with Gasteiger partial charge in [-0.05, 0) is 36.2 Å². The number of aromatic nitrogens is 4. The van der Waals surface area contributed by atoms with Gasteiger partial charge in [0.2, 0.25) is 5.91 Å². The Morgan fingerprint density at radius 3 is 2.48 bits per heavy atom. The minimum atomic E-state index is -0.347. The Morgan fingerprint density at radius 1 is 1.10 bits per heavy atom. The third-order valence-corrected chi connectivity index (χ3v) is 4.70. The summed E-state index contributed by atoms with van der Waals surface area (Å²) in [5.41, 5.74) is 1.62. The van der Waals surface area contributed by atoms with E-state index in [4.69, 9.17) is 4.74 Å². The van der Waals surface area contributed by atoms with Crippen molar-refractivity contribution < 1.29 is 9.53 Å². The highest BCUT2D eigenvalue weighted by atomic mass is 16.5. The first-order valence-corrected chi connectivity index (χ1v) is 9.93. The van der Waals surface area contributed by atoms with Crippen molar-refractivity contribution in [1.82, 2.24) is 24.6 Å². The molecule has 2 aromatic heterocycles. The summed E-state index contributed by atoms with van der Waals surface area (Å²) in [6, 6.07) is 11.9. The lowest BCUT2D eigenvalue weighted by molar-refractivity contribution is -0.121. The van der Waals surface area contributed by atoms with Gasteiger partial charge in [0.15, 0.2) is 0 Å². The average Bonchev–Trinajstić information content (AvgIpc) is 2.76. The molecule has 0 radical (unpaired) electrons. The lowest BCUT2D eigenvalue weighted by atomic mass is 10.1. The summed E-state index contributed by atoms with van der Waals surface area (Å²) < 4.78 is 7.69. The highest BCUT2D eigenvalue weighted by Gasteiger charge is 2.09. The van der Waals surface area contributed by atoms with Crippen LogP contribution in [-0.4, -0.2) is 38.9 Å². The summed E-state index contributed by atoms with van der Waals surface area (Å²) in [5, 5.41) is 7.07. The van der Waals surface area contributed by atoms with E-state index in [-0.39, 0.29) is 42.6 Å². The van der Waals surface area contributed by atoms with Crippen LogP contribution in [0.4, 0.5) is 0 Å². The fraction of sp³-hybridized carbons (Fsp3) is 0.318. The summed E-state index contributed by atoms with van der Waals surface area (Å²) in [7, 11) is 1.59. The number of hydrogen-bond acceptors (Lipinski definition) is 6. The van der Waals surface area contributed by atoms with Crippen molar-refractivity contribution in [2.75, 3.05) is 13.7 Å². The van der Waals surface area contributed by atoms with E-state index < -0.39 is 0 Å². The van der Waals surface area contributed by atoms with Gasteiger partial charge in [0, 0.05) is 24.2 Å². The number of ether oxygens (including phenoxy) is 1. The van der Waals surface area contributed by atoms with Gasteiger partial charge in [0.25, 0.3) is 11.1 Å². The highest BCUT2D eigenvalue weighted by molar-refractivity contribution is 5.75. The second kappa shape index (κ2) is 9.84. The third kappa shape index (κ3) is 5.65. The van der Waals surface area contributed by atoms with Crippen LogP contribution in [0.1, 0.15) is 25.5 Å². The zero-order valence-electron chi connectivity index (χ0n) is 17.7. The van der Waals surface area contributed by atoms with Crippen LogP contribution in [-0.2, 0) is 17.9 Å². The summed E-state index contributed by atoms with van der Waals surface area (Å²) in [6.45, 7) is 4.15. The van der Waals surface area contributed by atoms with Crippen LogP contribution < -0.4 is 21.2 Å². The van der Waals surface area contributed by atoms with E-state index in [2.05, 4.69) is 15.4 Å². The second-order valence-corrected chi connectivity index (χ2v) is 7.29. The Kier molecular flexibility index (Phi) is 6.96. The number of hydrogen-bond donors (Lipinski definition) is 1. The third-order valence-electron chi connectivity index (χ3n) is 4.70. The number of nitrogens with zero attached hydrogens (tertiary/aromatic N) is 4. The number of carbonyl (C=O) groups is 1. The number of carbonyl (C=O) groups excluding carboxylic acids is 1. The van der Waals surface area contributed by atoms with Crippen LogP contribution in [0.3, 0.4) is 0 Å². The minimum absolute atomic E-state index is 0.135. The molecule has 0 aliphatic rings. The molecule has 9 heteroatoms. The summed E-state index contributed by atoms with van der Waals surface area (Å²) in [4.78, 5) is 40.6. The number of methoxy groups -OCH3 is 1. The van der Waals surface area contributed by atoms with Gasteiger partial charge in [-0.2, -0.15) is 5.10 Å². The van der Waals surface area contributed by atoms with Crippen LogP contribution in [0.25, 0.3) is 11.3 Å². The van der Waals surface area contributed by atoms with Gasteiger partial charge in [0.05, 0.1) is 31.4 Å². The number of nitrogens with one attached hydrogen (secondary N) is 1. The van der Waals surface area contributed by atoms with E-state index in [1.165, 1.54) is 27.7 Å². The van der Waals surface area contributed by atoms with Crippen molar-refractivity contribution in [2.24, 2.45) is 0 Å². The maximum Gasteiger partial charge on any atom is 0.266 e. The molecule has 0 aliphatic heterocycles. The van der Waals surface area contributed by atoms with Crippen LogP contribution in [0.15, 0.2) is 58.4 Å². The van der Waals surface area contributed by atoms with E-state index in [0.29, 0.717) is 11.4 Å². The lowest BCUT2D eigenvalue weighted by Gasteiger charge is -2.10. The van der Waals surface area contributed by atoms with E-state index in [9.17, 15) is 14.4 Å². The lowest BCUT2D eigenvalue weighted by Crippen LogP contribution is -2.36. The smallest absolute Gasteiger partial charge is 0.266 e. The highest BCUT2D eigenvalue weighted by Crippen LogP contribution is 2.19. The molecule has 0 fully saturated rings. The number of rotatable bonds is 8. The van der Waals surface area contributed by atoms with Gasteiger partial charge in [-0.15, -0.1) is 0 Å². The summed E-state index contributed by atoms with van der Waals surface area (Å²) in [5.74, 6) is 0.518. The van der Waals surface area contributed by atoms with Crippen molar-refractivity contribution >= 4 is 5.91 Å². The van der Waals surface area contributed by atoms with Crippen LogP contribution >= 0.6 is 0 Å². The van der Waals surface area contributed by atoms with E-state index >= 15 is 0 Å². The Balaban J connectivity index is 1.60. The van der Waals surface area contributed by atoms with E-state index in [0.717, 1.165) is 11.3 Å². The molecule has 0 unspecified atom stereocenters. The van der Waals surface area contributed by atoms with Crippen LogP contribution in [0, 0.1) is 0 Å². The van der Waals surface area contributed by atoms with Crippen molar-refractivity contribution in [1.29, 1.82) is 0 Å². The molecular weight excluding hydrogens is 398 g/mol.